The zero-order chi connectivity index (χ0) is 15.1. The van der Waals surface area contributed by atoms with E-state index in [-0.39, 0.29) is 0 Å². The minimum atomic E-state index is 0.720. The molecular formula is C20H22O. The van der Waals surface area contributed by atoms with Gasteiger partial charge in [-0.1, -0.05) is 73.5 Å². The largest absolute Gasteiger partial charge is 0.298 e. The van der Waals surface area contributed by atoms with Gasteiger partial charge in [-0.15, -0.1) is 0 Å². The Morgan fingerprint density at radius 1 is 0.952 bits per heavy atom. The van der Waals surface area contributed by atoms with Crippen molar-refractivity contribution in [2.75, 3.05) is 0 Å². The van der Waals surface area contributed by atoms with Gasteiger partial charge in [0.05, 0.1) is 0 Å². The molecule has 0 N–H and O–H groups in total. The molecule has 0 atom stereocenters. The average molecular weight is 278 g/mol. The number of carbonyl (C=O) groups is 1. The van der Waals surface area contributed by atoms with Crippen LogP contribution in [0.4, 0.5) is 0 Å². The molecule has 0 saturated carbocycles. The van der Waals surface area contributed by atoms with E-state index in [0.29, 0.717) is 0 Å². The second kappa shape index (κ2) is 7.58. The topological polar surface area (TPSA) is 17.1 Å². The van der Waals surface area contributed by atoms with Gasteiger partial charge in [-0.25, -0.2) is 0 Å². The van der Waals surface area contributed by atoms with E-state index < -0.39 is 0 Å². The van der Waals surface area contributed by atoms with Crippen molar-refractivity contribution in [1.82, 2.24) is 0 Å². The third-order valence-electron chi connectivity index (χ3n) is 3.64. The standard InChI is InChI=1S/C20H22O/c1-3-4-5-20(19-12-6-16(2)7-13-19)14-17-8-10-18(15-21)11-9-17/h6-15H,3-5H2,1-2H3/b20-14-. The molecule has 2 rings (SSSR count). The molecule has 0 heterocycles. The number of aldehydes is 1. The molecule has 0 amide bonds. The van der Waals surface area contributed by atoms with Gasteiger partial charge in [-0.3, -0.25) is 4.79 Å². The Hall–Kier alpha value is -2.15. The Morgan fingerprint density at radius 3 is 2.14 bits per heavy atom. The maximum atomic E-state index is 10.7. The van der Waals surface area contributed by atoms with E-state index in [1.807, 2.05) is 24.3 Å². The van der Waals surface area contributed by atoms with E-state index >= 15 is 0 Å². The predicted molar refractivity (Wildman–Crippen MR) is 90.4 cm³/mol. The van der Waals surface area contributed by atoms with Gasteiger partial charge in [0.15, 0.2) is 0 Å². The van der Waals surface area contributed by atoms with E-state index in [4.69, 9.17) is 0 Å². The maximum Gasteiger partial charge on any atom is 0.150 e. The van der Waals surface area contributed by atoms with Gasteiger partial charge in [0.1, 0.15) is 6.29 Å². The minimum absolute atomic E-state index is 0.720. The highest BCUT2D eigenvalue weighted by molar-refractivity contribution is 5.82. The summed E-state index contributed by atoms with van der Waals surface area (Å²) in [5, 5.41) is 0. The van der Waals surface area contributed by atoms with Crippen LogP contribution in [0.25, 0.3) is 11.6 Å². The lowest BCUT2D eigenvalue weighted by molar-refractivity contribution is 0.112. The Balaban J connectivity index is 2.31. The summed E-state index contributed by atoms with van der Waals surface area (Å²) in [6, 6.07) is 16.4. The van der Waals surface area contributed by atoms with Crippen LogP contribution >= 0.6 is 0 Å². The Kier molecular flexibility index (Phi) is 5.51. The molecular weight excluding hydrogens is 256 g/mol. The van der Waals surface area contributed by atoms with Crippen LogP contribution in [0.3, 0.4) is 0 Å². The molecule has 0 aromatic heterocycles. The van der Waals surface area contributed by atoms with E-state index in [1.165, 1.54) is 29.5 Å². The summed E-state index contributed by atoms with van der Waals surface area (Å²) in [4.78, 5) is 10.7. The average Bonchev–Trinajstić information content (AvgIpc) is 2.53. The van der Waals surface area contributed by atoms with Crippen molar-refractivity contribution in [3.05, 3.63) is 70.8 Å². The molecule has 0 aliphatic rings. The third kappa shape index (κ3) is 4.42. The number of unbranched alkanes of at least 4 members (excludes halogenated alkanes) is 1. The van der Waals surface area contributed by atoms with Crippen molar-refractivity contribution >= 4 is 17.9 Å². The van der Waals surface area contributed by atoms with Crippen LogP contribution in [0.1, 0.15) is 53.2 Å². The second-order valence-electron chi connectivity index (χ2n) is 5.42. The summed E-state index contributed by atoms with van der Waals surface area (Å²) in [5.41, 5.74) is 5.79. The molecule has 0 spiro atoms. The van der Waals surface area contributed by atoms with Crippen LogP contribution in [0.5, 0.6) is 0 Å². The van der Waals surface area contributed by atoms with Crippen LogP contribution in [0, 0.1) is 6.92 Å². The lowest BCUT2D eigenvalue weighted by Crippen LogP contribution is -1.87. The fourth-order valence-electron chi connectivity index (χ4n) is 2.31. The normalized spacial score (nSPS) is 11.4. The molecule has 2 aromatic rings. The Labute approximate surface area is 127 Å². The molecule has 108 valence electrons. The van der Waals surface area contributed by atoms with Crippen molar-refractivity contribution in [1.29, 1.82) is 0 Å². The van der Waals surface area contributed by atoms with Gasteiger partial charge < -0.3 is 0 Å². The zero-order valence-corrected chi connectivity index (χ0v) is 12.8. The summed E-state index contributed by atoms with van der Waals surface area (Å²) in [6.07, 6.45) is 6.56. The van der Waals surface area contributed by atoms with Crippen LogP contribution < -0.4 is 0 Å². The molecule has 21 heavy (non-hydrogen) atoms. The SMILES string of the molecule is CCCC/C(=C/c1ccc(C=O)cc1)c1ccc(C)cc1. The molecule has 0 unspecified atom stereocenters. The van der Waals surface area contributed by atoms with Crippen LogP contribution in [-0.2, 0) is 0 Å². The van der Waals surface area contributed by atoms with Gasteiger partial charge in [0, 0.05) is 5.56 Å². The number of rotatable bonds is 6. The number of benzene rings is 2. The van der Waals surface area contributed by atoms with Crippen LogP contribution in [0.15, 0.2) is 48.5 Å². The van der Waals surface area contributed by atoms with Gasteiger partial charge >= 0.3 is 0 Å². The summed E-state index contributed by atoms with van der Waals surface area (Å²) in [5.74, 6) is 0. The highest BCUT2D eigenvalue weighted by atomic mass is 16.1. The number of aryl methyl sites for hydroxylation is 1. The fourth-order valence-corrected chi connectivity index (χ4v) is 2.31. The molecule has 0 bridgehead atoms. The predicted octanol–water partition coefficient (Wildman–Crippen LogP) is 5.54. The summed E-state index contributed by atoms with van der Waals surface area (Å²) >= 11 is 0. The highest BCUT2D eigenvalue weighted by Gasteiger charge is 2.02. The molecule has 0 aliphatic heterocycles. The first-order chi connectivity index (χ1) is 10.2. The zero-order valence-electron chi connectivity index (χ0n) is 12.8. The summed E-state index contributed by atoms with van der Waals surface area (Å²) in [6.45, 7) is 4.32. The minimum Gasteiger partial charge on any atom is -0.298 e. The molecule has 1 nitrogen and oxygen atoms in total. The van der Waals surface area contributed by atoms with Crippen molar-refractivity contribution < 1.29 is 4.79 Å². The van der Waals surface area contributed by atoms with Crippen molar-refractivity contribution in [2.24, 2.45) is 0 Å². The van der Waals surface area contributed by atoms with E-state index in [0.717, 1.165) is 23.8 Å². The van der Waals surface area contributed by atoms with Gasteiger partial charge in [0.25, 0.3) is 0 Å². The first-order valence-electron chi connectivity index (χ1n) is 7.56. The number of hydrogen-bond donors (Lipinski definition) is 0. The van der Waals surface area contributed by atoms with Crippen LogP contribution in [-0.4, -0.2) is 6.29 Å². The molecule has 2 aromatic carbocycles. The molecule has 0 aliphatic carbocycles. The maximum absolute atomic E-state index is 10.7. The summed E-state index contributed by atoms with van der Waals surface area (Å²) < 4.78 is 0. The quantitative estimate of drug-likeness (QED) is 0.501. The molecule has 0 radical (unpaired) electrons. The van der Waals surface area contributed by atoms with Crippen molar-refractivity contribution in [3.63, 3.8) is 0 Å². The molecule has 1 heteroatoms. The second-order valence-corrected chi connectivity index (χ2v) is 5.42. The Bertz CT molecular complexity index is 603. The number of carbonyl (C=O) groups excluding carboxylic acids is 1. The number of hydrogen-bond acceptors (Lipinski definition) is 1. The van der Waals surface area contributed by atoms with Gasteiger partial charge in [0.2, 0.25) is 0 Å². The first kappa shape index (κ1) is 15.2. The molecule has 0 fully saturated rings. The van der Waals surface area contributed by atoms with Gasteiger partial charge in [-0.2, -0.15) is 0 Å². The lowest BCUT2D eigenvalue weighted by Gasteiger charge is -2.08. The van der Waals surface area contributed by atoms with Crippen LogP contribution in [0.2, 0.25) is 0 Å². The van der Waals surface area contributed by atoms with E-state index in [1.54, 1.807) is 0 Å². The summed E-state index contributed by atoms with van der Waals surface area (Å²) in [7, 11) is 0. The smallest absolute Gasteiger partial charge is 0.150 e. The van der Waals surface area contributed by atoms with Gasteiger partial charge in [-0.05, 0) is 36.5 Å². The monoisotopic (exact) mass is 278 g/mol. The highest BCUT2D eigenvalue weighted by Crippen LogP contribution is 2.24. The molecule has 0 saturated heterocycles. The third-order valence-corrected chi connectivity index (χ3v) is 3.64. The fraction of sp³-hybridized carbons (Fsp3) is 0.250. The van der Waals surface area contributed by atoms with Crippen molar-refractivity contribution in [2.45, 2.75) is 33.1 Å². The number of allylic oxidation sites excluding steroid dienone is 1. The first-order valence-corrected chi connectivity index (χ1v) is 7.56. The van der Waals surface area contributed by atoms with Crippen molar-refractivity contribution in [3.8, 4) is 0 Å². The lowest BCUT2D eigenvalue weighted by atomic mass is 9.97. The Morgan fingerprint density at radius 2 is 1.57 bits per heavy atom. The van der Waals surface area contributed by atoms with E-state index in [2.05, 4.69) is 44.2 Å². The van der Waals surface area contributed by atoms with E-state index in [9.17, 15) is 4.79 Å².